The van der Waals surface area contributed by atoms with E-state index in [-0.39, 0.29) is 18.1 Å². The predicted molar refractivity (Wildman–Crippen MR) is 129 cm³/mol. The molecule has 0 bridgehead atoms. The van der Waals surface area contributed by atoms with Gasteiger partial charge in [0.2, 0.25) is 0 Å². The molecule has 1 aromatic heterocycles. The Morgan fingerprint density at radius 3 is 2.76 bits per heavy atom. The van der Waals surface area contributed by atoms with E-state index in [2.05, 4.69) is 35.3 Å². The van der Waals surface area contributed by atoms with Crippen molar-refractivity contribution in [3.05, 3.63) is 89.5 Å². The molecule has 5 nitrogen and oxygen atoms in total. The number of carbonyl (C=O) groups is 1. The summed E-state index contributed by atoms with van der Waals surface area (Å²) in [5, 5.41) is 1.13. The van der Waals surface area contributed by atoms with Crippen LogP contribution in [0.25, 0.3) is 22.2 Å². The summed E-state index contributed by atoms with van der Waals surface area (Å²) < 4.78 is 11.4. The molecule has 33 heavy (non-hydrogen) atoms. The minimum absolute atomic E-state index is 0.0768. The van der Waals surface area contributed by atoms with Crippen molar-refractivity contribution in [1.82, 2.24) is 9.88 Å². The molecule has 1 fully saturated rings. The molecule has 0 saturated carbocycles. The van der Waals surface area contributed by atoms with Crippen molar-refractivity contribution in [2.24, 2.45) is 0 Å². The van der Waals surface area contributed by atoms with Crippen LogP contribution in [0.4, 0.5) is 0 Å². The molecule has 5 heteroatoms. The third-order valence-corrected chi connectivity index (χ3v) is 6.86. The largest absolute Gasteiger partial charge is 0.497 e. The van der Waals surface area contributed by atoms with Gasteiger partial charge in [0.05, 0.1) is 24.9 Å². The number of fused-ring (bicyclic) bond motifs is 2. The topological polar surface area (TPSA) is 54.6 Å². The second-order valence-corrected chi connectivity index (χ2v) is 8.77. The van der Waals surface area contributed by atoms with Gasteiger partial charge in [-0.15, -0.1) is 0 Å². The summed E-state index contributed by atoms with van der Waals surface area (Å²) in [6.45, 7) is 1.36. The number of methoxy groups -OCH3 is 1. The summed E-state index contributed by atoms with van der Waals surface area (Å²) in [7, 11) is 1.68. The molecule has 3 aromatic carbocycles. The fraction of sp³-hybridized carbons (Fsp3) is 0.250. The molecule has 0 spiro atoms. The van der Waals surface area contributed by atoms with Crippen LogP contribution >= 0.6 is 0 Å². The van der Waals surface area contributed by atoms with Gasteiger partial charge in [0.1, 0.15) is 5.75 Å². The van der Waals surface area contributed by atoms with Crippen LogP contribution in [0.1, 0.15) is 40.4 Å². The third kappa shape index (κ3) is 3.31. The number of hydrogen-bond donors (Lipinski definition) is 1. The third-order valence-electron chi connectivity index (χ3n) is 6.86. The Morgan fingerprint density at radius 1 is 1.06 bits per heavy atom. The molecule has 1 saturated heterocycles. The average molecular weight is 439 g/mol. The Balaban J connectivity index is 1.58. The van der Waals surface area contributed by atoms with Crippen molar-refractivity contribution >= 4 is 16.8 Å². The van der Waals surface area contributed by atoms with Crippen molar-refractivity contribution in [2.75, 3.05) is 20.3 Å². The van der Waals surface area contributed by atoms with E-state index in [1.165, 1.54) is 0 Å². The van der Waals surface area contributed by atoms with Crippen molar-refractivity contribution in [2.45, 2.75) is 25.0 Å². The number of aromatic amines is 1. The van der Waals surface area contributed by atoms with E-state index in [4.69, 9.17) is 9.47 Å². The lowest BCUT2D eigenvalue weighted by atomic mass is 9.93. The van der Waals surface area contributed by atoms with Gasteiger partial charge in [-0.25, -0.2) is 0 Å². The quantitative estimate of drug-likeness (QED) is 0.443. The fourth-order valence-corrected chi connectivity index (χ4v) is 5.33. The number of nitrogens with one attached hydrogen (secondary N) is 1. The monoisotopic (exact) mass is 438 g/mol. The van der Waals surface area contributed by atoms with E-state index < -0.39 is 0 Å². The molecule has 0 unspecified atom stereocenters. The number of ether oxygens (including phenoxy) is 2. The van der Waals surface area contributed by atoms with Crippen LogP contribution in [0, 0.1) is 0 Å². The molecule has 0 radical (unpaired) electrons. The maximum absolute atomic E-state index is 13.6. The van der Waals surface area contributed by atoms with E-state index >= 15 is 0 Å². The lowest BCUT2D eigenvalue weighted by Gasteiger charge is -2.29. The lowest BCUT2D eigenvalue weighted by Crippen LogP contribution is -2.35. The first-order chi connectivity index (χ1) is 16.2. The first-order valence-corrected chi connectivity index (χ1v) is 11.5. The summed E-state index contributed by atoms with van der Waals surface area (Å²) in [5.74, 6) is 0.879. The molecular weight excluding hydrogens is 412 g/mol. The van der Waals surface area contributed by atoms with E-state index in [0.29, 0.717) is 6.54 Å². The Hall–Kier alpha value is -3.57. The molecule has 2 aliphatic rings. The van der Waals surface area contributed by atoms with Crippen LogP contribution in [0.15, 0.2) is 72.8 Å². The highest BCUT2D eigenvalue weighted by molar-refractivity contribution is 6.02. The van der Waals surface area contributed by atoms with E-state index in [0.717, 1.165) is 64.0 Å². The Kier molecular flexibility index (Phi) is 4.92. The van der Waals surface area contributed by atoms with Gasteiger partial charge in [0, 0.05) is 40.7 Å². The molecule has 6 rings (SSSR count). The number of amides is 1. The second-order valence-electron chi connectivity index (χ2n) is 8.77. The maximum atomic E-state index is 13.6. The van der Waals surface area contributed by atoms with Gasteiger partial charge in [-0.2, -0.15) is 0 Å². The predicted octanol–water partition coefficient (Wildman–Crippen LogP) is 5.57. The van der Waals surface area contributed by atoms with Gasteiger partial charge >= 0.3 is 0 Å². The van der Waals surface area contributed by atoms with Gasteiger partial charge < -0.3 is 19.4 Å². The number of carbonyl (C=O) groups excluding carboxylic acids is 1. The number of rotatable bonds is 5. The van der Waals surface area contributed by atoms with Crippen molar-refractivity contribution in [3.63, 3.8) is 0 Å². The van der Waals surface area contributed by atoms with Crippen LogP contribution in [0.3, 0.4) is 0 Å². The number of nitrogens with zero attached hydrogens (tertiary/aromatic N) is 1. The Morgan fingerprint density at radius 2 is 1.91 bits per heavy atom. The summed E-state index contributed by atoms with van der Waals surface area (Å²) in [6.07, 6.45) is 2.12. The first-order valence-electron chi connectivity index (χ1n) is 11.5. The SMILES string of the molecule is COc1cccc(-c2[nH]c3ccccc3c2[C@H]2c3ccccc3C(=O)N2C[C@@H]2CCCO2)c1. The maximum Gasteiger partial charge on any atom is 0.255 e. The van der Waals surface area contributed by atoms with Crippen molar-refractivity contribution in [1.29, 1.82) is 0 Å². The van der Waals surface area contributed by atoms with Crippen LogP contribution < -0.4 is 4.74 Å². The molecule has 2 atom stereocenters. The van der Waals surface area contributed by atoms with Gasteiger partial charge in [0.15, 0.2) is 0 Å². The molecule has 1 amide bonds. The summed E-state index contributed by atoms with van der Waals surface area (Å²) in [5.41, 5.74) is 6.06. The van der Waals surface area contributed by atoms with E-state index in [1.54, 1.807) is 7.11 Å². The average Bonchev–Trinajstić information content (AvgIpc) is 3.57. The molecule has 4 aromatic rings. The lowest BCUT2D eigenvalue weighted by molar-refractivity contribution is 0.0501. The number of hydrogen-bond acceptors (Lipinski definition) is 3. The zero-order valence-electron chi connectivity index (χ0n) is 18.6. The van der Waals surface area contributed by atoms with Gasteiger partial charge in [-0.1, -0.05) is 48.5 Å². The number of para-hydroxylation sites is 1. The molecule has 1 N–H and O–H groups in total. The highest BCUT2D eigenvalue weighted by atomic mass is 16.5. The van der Waals surface area contributed by atoms with Gasteiger partial charge in [-0.05, 0) is 42.7 Å². The van der Waals surface area contributed by atoms with E-state index in [1.807, 2.05) is 47.4 Å². The van der Waals surface area contributed by atoms with Crippen LogP contribution in [0.5, 0.6) is 5.75 Å². The summed E-state index contributed by atoms with van der Waals surface area (Å²) in [6, 6.07) is 24.2. The minimum atomic E-state index is -0.185. The highest BCUT2D eigenvalue weighted by Crippen LogP contribution is 2.46. The second kappa shape index (κ2) is 8.09. The first kappa shape index (κ1) is 20.1. The molecule has 3 heterocycles. The highest BCUT2D eigenvalue weighted by Gasteiger charge is 2.41. The van der Waals surface area contributed by atoms with Crippen LogP contribution in [-0.2, 0) is 4.74 Å². The zero-order chi connectivity index (χ0) is 22.4. The Labute approximate surface area is 192 Å². The molecule has 0 aliphatic carbocycles. The molecule has 2 aliphatic heterocycles. The Bertz CT molecular complexity index is 1340. The van der Waals surface area contributed by atoms with Gasteiger partial charge in [-0.3, -0.25) is 4.79 Å². The van der Waals surface area contributed by atoms with Crippen LogP contribution in [-0.4, -0.2) is 42.2 Å². The standard InChI is InChI=1S/C28H26N2O3/c1-32-19-9-6-8-18(16-19)26-25(23-13-4-5-14-24(23)29-26)27-21-11-2-3-12-22(21)28(31)30(27)17-20-10-7-15-33-20/h2-6,8-9,11-14,16,20,27,29H,7,10,15,17H2,1H3/t20-,27+/m0/s1. The molecular formula is C28H26N2O3. The summed E-state index contributed by atoms with van der Waals surface area (Å²) >= 11 is 0. The number of aromatic nitrogens is 1. The van der Waals surface area contributed by atoms with Crippen molar-refractivity contribution in [3.8, 4) is 17.0 Å². The summed E-state index contributed by atoms with van der Waals surface area (Å²) in [4.78, 5) is 19.3. The molecule has 166 valence electrons. The minimum Gasteiger partial charge on any atom is -0.497 e. The fourth-order valence-electron chi connectivity index (χ4n) is 5.33. The van der Waals surface area contributed by atoms with Crippen molar-refractivity contribution < 1.29 is 14.3 Å². The normalized spacial score (nSPS) is 19.9. The van der Waals surface area contributed by atoms with Crippen LogP contribution in [0.2, 0.25) is 0 Å². The van der Waals surface area contributed by atoms with E-state index in [9.17, 15) is 4.79 Å². The smallest absolute Gasteiger partial charge is 0.255 e. The number of H-pyrrole nitrogens is 1. The van der Waals surface area contributed by atoms with Gasteiger partial charge in [0.25, 0.3) is 5.91 Å². The zero-order valence-corrected chi connectivity index (χ0v) is 18.6. The number of benzene rings is 3.